The van der Waals surface area contributed by atoms with Crippen molar-refractivity contribution in [3.8, 4) is 0 Å². The first kappa shape index (κ1) is 9.31. The van der Waals surface area contributed by atoms with Gasteiger partial charge in [0.05, 0.1) is 19.3 Å². The van der Waals surface area contributed by atoms with Gasteiger partial charge in [0.15, 0.2) is 5.82 Å². The number of hydrazine groups is 1. The molecular formula is C6H11ClN4O. The summed E-state index contributed by atoms with van der Waals surface area (Å²) in [7, 11) is 1.63. The number of rotatable bonds is 4. The van der Waals surface area contributed by atoms with E-state index in [0.29, 0.717) is 24.0 Å². The second-order valence-corrected chi connectivity index (χ2v) is 2.61. The number of methoxy groups -OCH3 is 1. The molecule has 0 spiro atoms. The summed E-state index contributed by atoms with van der Waals surface area (Å²) in [5, 5.41) is 4.49. The number of anilines is 1. The molecule has 0 radical (unpaired) electrons. The minimum atomic E-state index is 0.508. The summed E-state index contributed by atoms with van der Waals surface area (Å²) < 4.78 is 6.53. The topological polar surface area (TPSA) is 65.1 Å². The van der Waals surface area contributed by atoms with Crippen molar-refractivity contribution in [1.29, 1.82) is 0 Å². The SMILES string of the molecule is COCCn1ncc(Cl)c1NN. The third-order valence-corrected chi connectivity index (χ3v) is 1.72. The maximum Gasteiger partial charge on any atom is 0.157 e. The Morgan fingerprint density at radius 3 is 3.17 bits per heavy atom. The molecule has 12 heavy (non-hydrogen) atoms. The quantitative estimate of drug-likeness (QED) is 0.535. The van der Waals surface area contributed by atoms with Crippen LogP contribution in [0.5, 0.6) is 0 Å². The highest BCUT2D eigenvalue weighted by atomic mass is 35.5. The summed E-state index contributed by atoms with van der Waals surface area (Å²) in [4.78, 5) is 0. The fourth-order valence-corrected chi connectivity index (χ4v) is 1.05. The first-order valence-electron chi connectivity index (χ1n) is 3.46. The lowest BCUT2D eigenvalue weighted by Crippen LogP contribution is -2.15. The van der Waals surface area contributed by atoms with E-state index in [1.807, 2.05) is 0 Å². The van der Waals surface area contributed by atoms with Gasteiger partial charge in [-0.2, -0.15) is 5.10 Å². The maximum absolute atomic E-state index is 5.76. The van der Waals surface area contributed by atoms with E-state index in [4.69, 9.17) is 22.2 Å². The number of nitrogens with zero attached hydrogens (tertiary/aromatic N) is 2. The lowest BCUT2D eigenvalue weighted by atomic mass is 10.6. The molecular weight excluding hydrogens is 180 g/mol. The Labute approximate surface area is 75.4 Å². The molecule has 1 aromatic heterocycles. The highest BCUT2D eigenvalue weighted by molar-refractivity contribution is 6.32. The first-order chi connectivity index (χ1) is 5.79. The molecule has 0 bridgehead atoms. The molecule has 0 aromatic carbocycles. The molecule has 0 aliphatic rings. The summed E-state index contributed by atoms with van der Waals surface area (Å²) in [5.41, 5.74) is 2.47. The van der Waals surface area contributed by atoms with Crippen molar-refractivity contribution in [2.45, 2.75) is 6.54 Å². The van der Waals surface area contributed by atoms with Crippen LogP contribution in [-0.2, 0) is 11.3 Å². The highest BCUT2D eigenvalue weighted by Crippen LogP contribution is 2.19. The predicted molar refractivity (Wildman–Crippen MR) is 46.9 cm³/mol. The van der Waals surface area contributed by atoms with Crippen molar-refractivity contribution >= 4 is 17.4 Å². The van der Waals surface area contributed by atoms with Crippen LogP contribution in [0, 0.1) is 0 Å². The molecule has 0 aliphatic carbocycles. The van der Waals surface area contributed by atoms with E-state index < -0.39 is 0 Å². The standard InChI is InChI=1S/C6H11ClN4O/c1-12-3-2-11-6(10-8)5(7)4-9-11/h4,10H,2-3,8H2,1H3. The molecule has 0 unspecified atom stereocenters. The Morgan fingerprint density at radius 2 is 2.58 bits per heavy atom. The summed E-state index contributed by atoms with van der Waals surface area (Å²) in [6, 6.07) is 0. The van der Waals surface area contributed by atoms with Gasteiger partial charge >= 0.3 is 0 Å². The summed E-state index contributed by atoms with van der Waals surface area (Å²) in [6.45, 7) is 1.20. The Balaban J connectivity index is 2.70. The van der Waals surface area contributed by atoms with Crippen molar-refractivity contribution in [2.24, 2.45) is 5.84 Å². The average molecular weight is 191 g/mol. The van der Waals surface area contributed by atoms with Gasteiger partial charge in [-0.15, -0.1) is 0 Å². The molecule has 1 heterocycles. The molecule has 0 atom stereocenters. The summed E-state index contributed by atoms with van der Waals surface area (Å²) >= 11 is 5.76. The fourth-order valence-electron chi connectivity index (χ4n) is 0.853. The molecule has 0 amide bonds. The number of nitrogens with two attached hydrogens (primary N) is 1. The van der Waals surface area contributed by atoms with E-state index in [1.165, 1.54) is 6.20 Å². The number of hydrogen-bond donors (Lipinski definition) is 2. The molecule has 0 saturated carbocycles. The van der Waals surface area contributed by atoms with Crippen LogP contribution < -0.4 is 11.3 Å². The summed E-state index contributed by atoms with van der Waals surface area (Å²) in [5.74, 6) is 5.84. The largest absolute Gasteiger partial charge is 0.383 e. The molecule has 0 fully saturated rings. The van der Waals surface area contributed by atoms with Gasteiger partial charge in [-0.3, -0.25) is 0 Å². The second-order valence-electron chi connectivity index (χ2n) is 2.20. The fraction of sp³-hybridized carbons (Fsp3) is 0.500. The number of hydrogen-bond acceptors (Lipinski definition) is 4. The normalized spacial score (nSPS) is 10.2. The monoisotopic (exact) mass is 190 g/mol. The van der Waals surface area contributed by atoms with Crippen LogP contribution in [0.2, 0.25) is 5.02 Å². The first-order valence-corrected chi connectivity index (χ1v) is 3.84. The van der Waals surface area contributed by atoms with E-state index in [2.05, 4.69) is 10.5 Å². The maximum atomic E-state index is 5.76. The van der Waals surface area contributed by atoms with Crippen molar-refractivity contribution in [2.75, 3.05) is 19.1 Å². The zero-order chi connectivity index (χ0) is 8.97. The van der Waals surface area contributed by atoms with Crippen molar-refractivity contribution in [3.63, 3.8) is 0 Å². The van der Waals surface area contributed by atoms with Gasteiger partial charge in [-0.1, -0.05) is 11.6 Å². The van der Waals surface area contributed by atoms with E-state index in [1.54, 1.807) is 11.8 Å². The molecule has 1 rings (SSSR count). The Kier molecular flexibility index (Phi) is 3.33. The van der Waals surface area contributed by atoms with Gasteiger partial charge in [-0.25, -0.2) is 10.5 Å². The van der Waals surface area contributed by atoms with Crippen molar-refractivity contribution in [1.82, 2.24) is 9.78 Å². The second kappa shape index (κ2) is 4.30. The van der Waals surface area contributed by atoms with Gasteiger partial charge in [0.1, 0.15) is 5.02 Å². The Hall–Kier alpha value is -0.780. The summed E-state index contributed by atoms with van der Waals surface area (Å²) in [6.07, 6.45) is 1.53. The third kappa shape index (κ3) is 1.88. The molecule has 5 nitrogen and oxygen atoms in total. The van der Waals surface area contributed by atoms with Crippen LogP contribution in [0.3, 0.4) is 0 Å². The number of halogens is 1. The Bertz CT molecular complexity index is 250. The average Bonchev–Trinajstić information content (AvgIpc) is 2.43. The minimum absolute atomic E-state index is 0.508. The third-order valence-electron chi connectivity index (χ3n) is 1.44. The van der Waals surface area contributed by atoms with E-state index in [9.17, 15) is 0 Å². The van der Waals surface area contributed by atoms with Gasteiger partial charge in [0, 0.05) is 7.11 Å². The minimum Gasteiger partial charge on any atom is -0.383 e. The van der Waals surface area contributed by atoms with Gasteiger partial charge in [0.25, 0.3) is 0 Å². The molecule has 0 aliphatic heterocycles. The molecule has 6 heteroatoms. The number of ether oxygens (including phenoxy) is 1. The van der Waals surface area contributed by atoms with E-state index in [-0.39, 0.29) is 0 Å². The van der Waals surface area contributed by atoms with Gasteiger partial charge in [0.2, 0.25) is 0 Å². The number of aromatic nitrogens is 2. The van der Waals surface area contributed by atoms with Crippen LogP contribution in [-0.4, -0.2) is 23.5 Å². The molecule has 1 aromatic rings. The molecule has 3 N–H and O–H groups in total. The van der Waals surface area contributed by atoms with Crippen LogP contribution in [0.15, 0.2) is 6.20 Å². The van der Waals surface area contributed by atoms with Crippen molar-refractivity contribution in [3.05, 3.63) is 11.2 Å². The molecule has 0 saturated heterocycles. The van der Waals surface area contributed by atoms with E-state index in [0.717, 1.165) is 0 Å². The Morgan fingerprint density at radius 1 is 1.83 bits per heavy atom. The number of nitrogen functional groups attached to an aromatic ring is 1. The lowest BCUT2D eigenvalue weighted by Gasteiger charge is -2.05. The lowest BCUT2D eigenvalue weighted by molar-refractivity contribution is 0.184. The van der Waals surface area contributed by atoms with Crippen molar-refractivity contribution < 1.29 is 4.74 Å². The molecule has 68 valence electrons. The predicted octanol–water partition coefficient (Wildman–Crippen LogP) is 0.468. The van der Waals surface area contributed by atoms with Gasteiger partial charge < -0.3 is 10.2 Å². The van der Waals surface area contributed by atoms with Gasteiger partial charge in [-0.05, 0) is 0 Å². The van der Waals surface area contributed by atoms with Crippen LogP contribution >= 0.6 is 11.6 Å². The van der Waals surface area contributed by atoms with E-state index >= 15 is 0 Å². The zero-order valence-corrected chi connectivity index (χ0v) is 7.51. The van der Waals surface area contributed by atoms with Crippen LogP contribution in [0.25, 0.3) is 0 Å². The van der Waals surface area contributed by atoms with Crippen LogP contribution in [0.4, 0.5) is 5.82 Å². The zero-order valence-electron chi connectivity index (χ0n) is 6.75. The smallest absolute Gasteiger partial charge is 0.157 e. The number of nitrogens with one attached hydrogen (secondary N) is 1. The van der Waals surface area contributed by atoms with Crippen LogP contribution in [0.1, 0.15) is 0 Å². The highest BCUT2D eigenvalue weighted by Gasteiger charge is 2.05.